The van der Waals surface area contributed by atoms with Crippen molar-refractivity contribution in [2.45, 2.75) is 59.4 Å². The molecule has 0 saturated carbocycles. The summed E-state index contributed by atoms with van der Waals surface area (Å²) in [5.41, 5.74) is 0.0776. The zero-order valence-electron chi connectivity index (χ0n) is 11.8. The molecule has 2 unspecified atom stereocenters. The van der Waals surface area contributed by atoms with Crippen LogP contribution in [0.1, 0.15) is 53.4 Å². The van der Waals surface area contributed by atoms with Crippen LogP contribution >= 0.6 is 0 Å². The van der Waals surface area contributed by atoms with Crippen molar-refractivity contribution >= 4 is 5.91 Å². The van der Waals surface area contributed by atoms with Gasteiger partial charge in [-0.25, -0.2) is 0 Å². The molecular formula is C14H28N2O. The third kappa shape index (κ3) is 5.53. The predicted octanol–water partition coefficient (Wildman–Crippen LogP) is 2.32. The van der Waals surface area contributed by atoms with Crippen LogP contribution in [0.3, 0.4) is 0 Å². The highest BCUT2D eigenvalue weighted by Crippen LogP contribution is 2.20. The van der Waals surface area contributed by atoms with E-state index in [4.69, 9.17) is 0 Å². The molecule has 1 aliphatic heterocycles. The summed E-state index contributed by atoms with van der Waals surface area (Å²) in [6, 6.07) is 0.470. The van der Waals surface area contributed by atoms with Crippen LogP contribution < -0.4 is 10.6 Å². The van der Waals surface area contributed by atoms with Crippen molar-refractivity contribution in [3.8, 4) is 0 Å². The molecule has 1 fully saturated rings. The van der Waals surface area contributed by atoms with Crippen LogP contribution in [0.2, 0.25) is 0 Å². The molecule has 100 valence electrons. The van der Waals surface area contributed by atoms with Gasteiger partial charge in [-0.15, -0.1) is 0 Å². The van der Waals surface area contributed by atoms with Crippen molar-refractivity contribution in [2.75, 3.05) is 13.1 Å². The molecule has 3 nitrogen and oxygen atoms in total. The smallest absolute Gasteiger partial charge is 0.220 e. The summed E-state index contributed by atoms with van der Waals surface area (Å²) in [6.07, 6.45) is 4.37. The third-order valence-corrected chi connectivity index (χ3v) is 3.46. The molecule has 1 heterocycles. The van der Waals surface area contributed by atoms with E-state index >= 15 is 0 Å². The Morgan fingerprint density at radius 3 is 2.71 bits per heavy atom. The van der Waals surface area contributed by atoms with Gasteiger partial charge in [0.05, 0.1) is 0 Å². The average molecular weight is 240 g/mol. The van der Waals surface area contributed by atoms with Crippen LogP contribution in [0.25, 0.3) is 0 Å². The molecule has 1 saturated heterocycles. The zero-order chi connectivity index (χ0) is 12.9. The Balaban J connectivity index is 2.31. The summed E-state index contributed by atoms with van der Waals surface area (Å²) in [4.78, 5) is 11.8. The second-order valence-corrected chi connectivity index (χ2v) is 6.41. The van der Waals surface area contributed by atoms with Gasteiger partial charge in [0.15, 0.2) is 0 Å². The van der Waals surface area contributed by atoms with Crippen LogP contribution in [0.4, 0.5) is 0 Å². The van der Waals surface area contributed by atoms with Crippen LogP contribution in [0.15, 0.2) is 0 Å². The first kappa shape index (κ1) is 14.5. The van der Waals surface area contributed by atoms with Gasteiger partial charge >= 0.3 is 0 Å². The first-order valence-electron chi connectivity index (χ1n) is 6.92. The fraction of sp³-hybridized carbons (Fsp3) is 0.929. The normalized spacial score (nSPS) is 25.6. The number of hydrogen-bond acceptors (Lipinski definition) is 2. The van der Waals surface area contributed by atoms with E-state index in [2.05, 4.69) is 38.3 Å². The number of amides is 1. The highest BCUT2D eigenvalue weighted by Gasteiger charge is 2.24. The Bertz CT molecular complexity index is 245. The Kier molecular flexibility index (Phi) is 5.44. The molecule has 0 aromatic carbocycles. The molecule has 17 heavy (non-hydrogen) atoms. The van der Waals surface area contributed by atoms with Crippen molar-refractivity contribution < 1.29 is 4.79 Å². The fourth-order valence-electron chi connectivity index (χ4n) is 2.52. The first-order chi connectivity index (χ1) is 7.92. The minimum absolute atomic E-state index is 0.0776. The van der Waals surface area contributed by atoms with Gasteiger partial charge in [0, 0.05) is 19.0 Å². The van der Waals surface area contributed by atoms with Crippen molar-refractivity contribution in [2.24, 2.45) is 11.3 Å². The lowest BCUT2D eigenvalue weighted by atomic mass is 9.88. The number of piperidine rings is 1. The van der Waals surface area contributed by atoms with E-state index in [9.17, 15) is 4.79 Å². The Morgan fingerprint density at radius 2 is 2.12 bits per heavy atom. The summed E-state index contributed by atoms with van der Waals surface area (Å²) in [7, 11) is 0. The van der Waals surface area contributed by atoms with Gasteiger partial charge in [-0.05, 0) is 30.7 Å². The second kappa shape index (κ2) is 6.39. The summed E-state index contributed by atoms with van der Waals surface area (Å²) >= 11 is 0. The second-order valence-electron chi connectivity index (χ2n) is 6.41. The van der Waals surface area contributed by atoms with Crippen molar-refractivity contribution in [3.63, 3.8) is 0 Å². The summed E-state index contributed by atoms with van der Waals surface area (Å²) in [5.74, 6) is 0.901. The molecular weight excluding hydrogens is 212 g/mol. The molecule has 0 aromatic rings. The van der Waals surface area contributed by atoms with Gasteiger partial charge in [0.2, 0.25) is 5.91 Å². The van der Waals surface area contributed by atoms with E-state index in [1.807, 2.05) is 0 Å². The lowest BCUT2D eigenvalue weighted by Crippen LogP contribution is -2.48. The fourth-order valence-corrected chi connectivity index (χ4v) is 2.52. The molecule has 1 aliphatic rings. The van der Waals surface area contributed by atoms with E-state index in [1.165, 1.54) is 19.3 Å². The van der Waals surface area contributed by atoms with Crippen molar-refractivity contribution in [1.29, 1.82) is 0 Å². The molecule has 2 atom stereocenters. The highest BCUT2D eigenvalue weighted by molar-refractivity contribution is 5.76. The predicted molar refractivity (Wildman–Crippen MR) is 71.9 cm³/mol. The maximum absolute atomic E-state index is 11.8. The number of rotatable bonds is 4. The quantitative estimate of drug-likeness (QED) is 0.792. The summed E-state index contributed by atoms with van der Waals surface area (Å²) in [5, 5.41) is 6.60. The summed E-state index contributed by atoms with van der Waals surface area (Å²) < 4.78 is 0. The highest BCUT2D eigenvalue weighted by atomic mass is 16.1. The van der Waals surface area contributed by atoms with Gasteiger partial charge in [-0.3, -0.25) is 4.79 Å². The first-order valence-corrected chi connectivity index (χ1v) is 6.92. The lowest BCUT2D eigenvalue weighted by Gasteiger charge is -2.32. The summed E-state index contributed by atoms with van der Waals surface area (Å²) in [6.45, 7) is 10.4. The molecule has 2 N–H and O–H groups in total. The van der Waals surface area contributed by atoms with Gasteiger partial charge < -0.3 is 10.6 Å². The molecule has 0 radical (unpaired) electrons. The van der Waals surface area contributed by atoms with E-state index in [-0.39, 0.29) is 11.3 Å². The molecule has 0 aromatic heterocycles. The maximum atomic E-state index is 11.8. The maximum Gasteiger partial charge on any atom is 0.220 e. The number of carbonyl (C=O) groups is 1. The Hall–Kier alpha value is -0.570. The minimum Gasteiger partial charge on any atom is -0.355 e. The lowest BCUT2D eigenvalue weighted by molar-refractivity contribution is -0.123. The van der Waals surface area contributed by atoms with E-state index in [1.54, 1.807) is 0 Å². The van der Waals surface area contributed by atoms with E-state index in [0.717, 1.165) is 19.0 Å². The average Bonchev–Trinajstić information content (AvgIpc) is 2.24. The molecule has 3 heteroatoms. The largest absolute Gasteiger partial charge is 0.355 e. The Morgan fingerprint density at radius 1 is 1.41 bits per heavy atom. The van der Waals surface area contributed by atoms with Crippen LogP contribution in [-0.4, -0.2) is 25.0 Å². The monoisotopic (exact) mass is 240 g/mol. The Labute approximate surface area is 106 Å². The van der Waals surface area contributed by atoms with Crippen molar-refractivity contribution in [1.82, 2.24) is 10.6 Å². The van der Waals surface area contributed by atoms with Gasteiger partial charge in [0.25, 0.3) is 0 Å². The number of carbonyl (C=O) groups excluding carboxylic acids is 1. The molecule has 0 aliphatic carbocycles. The molecule has 1 rings (SSSR count). The standard InChI is InChI=1S/C14H28N2O/c1-5-11-7-6-8-15-12(11)10-16-13(17)9-14(2,3)4/h11-12,15H,5-10H2,1-4H3,(H,16,17). The zero-order valence-corrected chi connectivity index (χ0v) is 11.8. The van der Waals surface area contributed by atoms with E-state index < -0.39 is 0 Å². The van der Waals surface area contributed by atoms with Gasteiger partial charge in [0.1, 0.15) is 0 Å². The van der Waals surface area contributed by atoms with Gasteiger partial charge in [-0.1, -0.05) is 34.1 Å². The molecule has 1 amide bonds. The molecule has 0 spiro atoms. The SMILES string of the molecule is CCC1CCCNC1CNC(=O)CC(C)(C)C. The molecule has 0 bridgehead atoms. The minimum atomic E-state index is 0.0776. The topological polar surface area (TPSA) is 41.1 Å². The third-order valence-electron chi connectivity index (χ3n) is 3.46. The van der Waals surface area contributed by atoms with E-state index in [0.29, 0.717) is 12.5 Å². The number of hydrogen-bond donors (Lipinski definition) is 2. The number of nitrogens with one attached hydrogen (secondary N) is 2. The van der Waals surface area contributed by atoms with Crippen LogP contribution in [0, 0.1) is 11.3 Å². The van der Waals surface area contributed by atoms with Crippen molar-refractivity contribution in [3.05, 3.63) is 0 Å². The van der Waals surface area contributed by atoms with Crippen LogP contribution in [-0.2, 0) is 4.79 Å². The van der Waals surface area contributed by atoms with Gasteiger partial charge in [-0.2, -0.15) is 0 Å². The van der Waals surface area contributed by atoms with Crippen LogP contribution in [0.5, 0.6) is 0 Å².